The summed E-state index contributed by atoms with van der Waals surface area (Å²) in [6, 6.07) is 0.867. The number of likely N-dealkylation sites (tertiary alicyclic amines) is 1. The Kier molecular flexibility index (Phi) is 8.20. The zero-order valence-electron chi connectivity index (χ0n) is 17.8. The summed E-state index contributed by atoms with van der Waals surface area (Å²) in [5.74, 6) is 1.65. The minimum Gasteiger partial charge on any atom is -0.389 e. The van der Waals surface area contributed by atoms with Crippen LogP contribution in [0.4, 0.5) is 0 Å². The second-order valence-corrected chi connectivity index (χ2v) is 10.2. The molecule has 0 aromatic carbocycles. The highest BCUT2D eigenvalue weighted by molar-refractivity contribution is 5.79. The highest BCUT2D eigenvalue weighted by atomic mass is 16.3. The Bertz CT molecular complexity index is 445. The highest BCUT2D eigenvalue weighted by Crippen LogP contribution is 2.47. The number of hydrogen-bond donors (Lipinski definition) is 1. The molecule has 0 bridgehead atoms. The van der Waals surface area contributed by atoms with Crippen molar-refractivity contribution < 1.29 is 9.90 Å². The van der Waals surface area contributed by atoms with Crippen molar-refractivity contribution in [3.05, 3.63) is 0 Å². The number of Topliss-reactive ketones (excluding diaryl/α,β-unsaturated/α-hetero) is 1. The molecule has 1 saturated heterocycles. The van der Waals surface area contributed by atoms with Crippen LogP contribution in [0.1, 0.15) is 103 Å². The number of nitrogens with zero attached hydrogens (tertiary/aromatic N) is 1. The lowest BCUT2D eigenvalue weighted by molar-refractivity contribution is -0.122. The fraction of sp³-hybridized carbons (Fsp3) is 0.958. The fourth-order valence-electron chi connectivity index (χ4n) is 6.40. The second kappa shape index (κ2) is 10.4. The maximum atomic E-state index is 11.8. The van der Waals surface area contributed by atoms with Gasteiger partial charge in [0.15, 0.2) is 5.78 Å². The highest BCUT2D eigenvalue weighted by Gasteiger charge is 2.38. The molecule has 156 valence electrons. The molecule has 1 N–H and O–H groups in total. The SMILES string of the molecule is C[C@@](CCC(=O)CO)(CC1CCN(C2CCCCC2)CC1)C1CCCCC1. The van der Waals surface area contributed by atoms with Gasteiger partial charge >= 0.3 is 0 Å². The van der Waals surface area contributed by atoms with Crippen LogP contribution in [-0.2, 0) is 4.79 Å². The molecule has 3 aliphatic rings. The molecule has 1 aliphatic heterocycles. The second-order valence-electron chi connectivity index (χ2n) is 10.2. The molecular weight excluding hydrogens is 334 g/mol. The molecule has 0 radical (unpaired) electrons. The molecule has 27 heavy (non-hydrogen) atoms. The first-order chi connectivity index (χ1) is 13.1. The molecule has 0 spiro atoms. The Hall–Kier alpha value is -0.410. The Morgan fingerprint density at radius 2 is 1.52 bits per heavy atom. The van der Waals surface area contributed by atoms with E-state index in [1.807, 2.05) is 0 Å². The molecule has 1 atom stereocenters. The van der Waals surface area contributed by atoms with Crippen molar-refractivity contribution in [1.82, 2.24) is 4.90 Å². The van der Waals surface area contributed by atoms with E-state index in [9.17, 15) is 4.79 Å². The molecule has 0 aromatic heterocycles. The number of rotatable bonds is 8. The molecule has 0 aromatic rings. The molecule has 3 nitrogen and oxygen atoms in total. The van der Waals surface area contributed by atoms with Crippen molar-refractivity contribution in [1.29, 1.82) is 0 Å². The van der Waals surface area contributed by atoms with Gasteiger partial charge in [0.25, 0.3) is 0 Å². The van der Waals surface area contributed by atoms with Crippen molar-refractivity contribution in [3.63, 3.8) is 0 Å². The summed E-state index contributed by atoms with van der Waals surface area (Å²) in [7, 11) is 0. The smallest absolute Gasteiger partial charge is 0.158 e. The van der Waals surface area contributed by atoms with E-state index in [1.54, 1.807) is 0 Å². The van der Waals surface area contributed by atoms with Crippen molar-refractivity contribution in [3.8, 4) is 0 Å². The summed E-state index contributed by atoms with van der Waals surface area (Å²) in [6.45, 7) is 4.79. The van der Waals surface area contributed by atoms with E-state index in [-0.39, 0.29) is 12.4 Å². The number of aliphatic hydroxyl groups is 1. The standard InChI is InChI=1S/C24H43NO2/c1-24(15-12-23(27)19-26,21-8-4-2-5-9-21)18-20-13-16-25(17-14-20)22-10-6-3-7-11-22/h20-22,26H,2-19H2,1H3/t24-/m1/s1. The summed E-state index contributed by atoms with van der Waals surface area (Å²) in [4.78, 5) is 14.6. The summed E-state index contributed by atoms with van der Waals surface area (Å²) < 4.78 is 0. The van der Waals surface area contributed by atoms with Crippen LogP contribution in [0.2, 0.25) is 0 Å². The van der Waals surface area contributed by atoms with E-state index < -0.39 is 0 Å². The zero-order chi connectivity index (χ0) is 19.1. The van der Waals surface area contributed by atoms with Crippen molar-refractivity contribution in [2.24, 2.45) is 17.3 Å². The Labute approximate surface area is 167 Å². The van der Waals surface area contributed by atoms with Crippen molar-refractivity contribution in [2.75, 3.05) is 19.7 Å². The summed E-state index contributed by atoms with van der Waals surface area (Å²) >= 11 is 0. The van der Waals surface area contributed by atoms with Crippen LogP contribution in [0.15, 0.2) is 0 Å². The number of ketones is 1. The van der Waals surface area contributed by atoms with Crippen molar-refractivity contribution in [2.45, 2.75) is 109 Å². The summed E-state index contributed by atoms with van der Waals surface area (Å²) in [5, 5.41) is 9.16. The van der Waals surface area contributed by atoms with Gasteiger partial charge in [0.1, 0.15) is 6.61 Å². The third-order valence-electron chi connectivity index (χ3n) is 8.24. The number of carbonyl (C=O) groups is 1. The Morgan fingerprint density at radius 1 is 0.926 bits per heavy atom. The topological polar surface area (TPSA) is 40.5 Å². The minimum absolute atomic E-state index is 0.0316. The predicted molar refractivity (Wildman–Crippen MR) is 112 cm³/mol. The number of aliphatic hydroxyl groups excluding tert-OH is 1. The van der Waals surface area contributed by atoms with Gasteiger partial charge in [-0.25, -0.2) is 0 Å². The quantitative estimate of drug-likeness (QED) is 0.620. The monoisotopic (exact) mass is 377 g/mol. The van der Waals surface area contributed by atoms with E-state index in [1.165, 1.54) is 96.6 Å². The molecule has 3 heteroatoms. The van der Waals surface area contributed by atoms with Gasteiger partial charge in [-0.15, -0.1) is 0 Å². The normalized spacial score (nSPS) is 26.7. The maximum absolute atomic E-state index is 11.8. The van der Waals surface area contributed by atoms with Gasteiger partial charge in [-0.2, -0.15) is 0 Å². The lowest BCUT2D eigenvalue weighted by Crippen LogP contribution is -2.43. The molecule has 2 saturated carbocycles. The van der Waals surface area contributed by atoms with Gasteiger partial charge in [-0.1, -0.05) is 45.4 Å². The third-order valence-corrected chi connectivity index (χ3v) is 8.24. The Balaban J connectivity index is 1.54. The van der Waals surface area contributed by atoms with Crippen LogP contribution in [0.25, 0.3) is 0 Å². The van der Waals surface area contributed by atoms with Gasteiger partial charge in [0.2, 0.25) is 0 Å². The molecule has 0 unspecified atom stereocenters. The first-order valence-corrected chi connectivity index (χ1v) is 12.0. The van der Waals surface area contributed by atoms with Gasteiger partial charge < -0.3 is 10.0 Å². The van der Waals surface area contributed by atoms with Gasteiger partial charge in [0, 0.05) is 12.5 Å². The average molecular weight is 378 g/mol. The van der Waals surface area contributed by atoms with Gasteiger partial charge in [0.05, 0.1) is 0 Å². The fourth-order valence-corrected chi connectivity index (χ4v) is 6.40. The predicted octanol–water partition coefficient (Wildman–Crippen LogP) is 5.35. The van der Waals surface area contributed by atoms with Gasteiger partial charge in [-0.3, -0.25) is 4.79 Å². The van der Waals surface area contributed by atoms with Crippen LogP contribution in [0.5, 0.6) is 0 Å². The summed E-state index contributed by atoms with van der Waals surface area (Å²) in [5.41, 5.74) is 0.295. The maximum Gasteiger partial charge on any atom is 0.158 e. The number of piperidine rings is 1. The zero-order valence-corrected chi connectivity index (χ0v) is 17.8. The Morgan fingerprint density at radius 3 is 2.11 bits per heavy atom. The number of hydrogen-bond acceptors (Lipinski definition) is 3. The molecule has 3 fully saturated rings. The molecule has 3 rings (SSSR count). The van der Waals surface area contributed by atoms with Crippen LogP contribution < -0.4 is 0 Å². The largest absolute Gasteiger partial charge is 0.389 e. The first-order valence-electron chi connectivity index (χ1n) is 12.0. The van der Waals surface area contributed by atoms with Crippen molar-refractivity contribution >= 4 is 5.78 Å². The lowest BCUT2D eigenvalue weighted by Gasteiger charge is -2.45. The molecule has 0 amide bonds. The molecular formula is C24H43NO2. The summed E-state index contributed by atoms with van der Waals surface area (Å²) in [6.07, 6.45) is 19.6. The van der Waals surface area contributed by atoms with Crippen LogP contribution in [0, 0.1) is 17.3 Å². The average Bonchev–Trinajstić information content (AvgIpc) is 2.74. The minimum atomic E-state index is -0.277. The van der Waals surface area contributed by atoms with E-state index in [2.05, 4.69) is 11.8 Å². The molecule has 1 heterocycles. The van der Waals surface area contributed by atoms with E-state index >= 15 is 0 Å². The van der Waals surface area contributed by atoms with Gasteiger partial charge in [-0.05, 0) is 81.7 Å². The van der Waals surface area contributed by atoms with E-state index in [0.29, 0.717) is 11.8 Å². The third kappa shape index (κ3) is 6.03. The number of carbonyl (C=O) groups excluding carboxylic acids is 1. The van der Waals surface area contributed by atoms with Crippen LogP contribution in [0.3, 0.4) is 0 Å². The van der Waals surface area contributed by atoms with Crippen LogP contribution >= 0.6 is 0 Å². The first kappa shape index (κ1) is 21.3. The lowest BCUT2D eigenvalue weighted by atomic mass is 9.63. The van der Waals surface area contributed by atoms with Crippen LogP contribution in [-0.4, -0.2) is 41.5 Å². The van der Waals surface area contributed by atoms with E-state index in [4.69, 9.17) is 5.11 Å². The molecule has 2 aliphatic carbocycles. The van der Waals surface area contributed by atoms with E-state index in [0.717, 1.165) is 24.3 Å².